The highest BCUT2D eigenvalue weighted by molar-refractivity contribution is 7.90. The van der Waals surface area contributed by atoms with E-state index in [-0.39, 0.29) is 0 Å². The lowest BCUT2D eigenvalue weighted by Gasteiger charge is -2.15. The molecule has 0 aliphatic rings. The van der Waals surface area contributed by atoms with E-state index in [9.17, 15) is 4.55 Å². The number of H-pyrrole nitrogens is 1. The van der Waals surface area contributed by atoms with Gasteiger partial charge >= 0.3 is 5.16 Å². The SMILES string of the molecule is CC(C)Nc1ccccc1C[S+]([O-])c1ncc[nH]1. The number of hydrogen-bond donors (Lipinski definition) is 2. The van der Waals surface area contributed by atoms with E-state index in [0.29, 0.717) is 17.0 Å². The number of nitrogens with one attached hydrogen (secondary N) is 2. The molecule has 2 N–H and O–H groups in total. The van der Waals surface area contributed by atoms with Gasteiger partial charge in [-0.25, -0.2) is 0 Å². The van der Waals surface area contributed by atoms with Crippen molar-refractivity contribution in [2.24, 2.45) is 0 Å². The fourth-order valence-corrected chi connectivity index (χ4v) is 2.73. The summed E-state index contributed by atoms with van der Waals surface area (Å²) in [6.45, 7) is 4.17. The van der Waals surface area contributed by atoms with Gasteiger partial charge in [-0.3, -0.25) is 0 Å². The molecule has 1 unspecified atom stereocenters. The van der Waals surface area contributed by atoms with Gasteiger partial charge < -0.3 is 14.9 Å². The van der Waals surface area contributed by atoms with Crippen molar-refractivity contribution in [3.8, 4) is 0 Å². The van der Waals surface area contributed by atoms with Crippen molar-refractivity contribution in [1.29, 1.82) is 0 Å². The Hall–Kier alpha value is -1.46. The van der Waals surface area contributed by atoms with Gasteiger partial charge in [-0.1, -0.05) is 18.2 Å². The van der Waals surface area contributed by atoms with Crippen molar-refractivity contribution in [1.82, 2.24) is 9.97 Å². The molecule has 0 saturated carbocycles. The van der Waals surface area contributed by atoms with Crippen LogP contribution >= 0.6 is 0 Å². The van der Waals surface area contributed by atoms with E-state index in [2.05, 4.69) is 29.1 Å². The summed E-state index contributed by atoms with van der Waals surface area (Å²) in [7, 11) is 0. The second-order valence-corrected chi connectivity index (χ2v) is 5.71. The number of benzene rings is 1. The highest BCUT2D eigenvalue weighted by Crippen LogP contribution is 2.21. The molecule has 18 heavy (non-hydrogen) atoms. The smallest absolute Gasteiger partial charge is 0.320 e. The van der Waals surface area contributed by atoms with Gasteiger partial charge in [0.2, 0.25) is 0 Å². The van der Waals surface area contributed by atoms with Crippen molar-refractivity contribution < 1.29 is 4.55 Å². The highest BCUT2D eigenvalue weighted by atomic mass is 32.2. The van der Waals surface area contributed by atoms with Gasteiger partial charge in [0.05, 0.1) is 0 Å². The summed E-state index contributed by atoms with van der Waals surface area (Å²) in [4.78, 5) is 6.91. The van der Waals surface area contributed by atoms with Crippen molar-refractivity contribution in [2.45, 2.75) is 30.8 Å². The summed E-state index contributed by atoms with van der Waals surface area (Å²) < 4.78 is 12.1. The molecule has 5 heteroatoms. The Morgan fingerprint density at radius 1 is 1.39 bits per heavy atom. The highest BCUT2D eigenvalue weighted by Gasteiger charge is 2.16. The topological polar surface area (TPSA) is 63.8 Å². The van der Waals surface area contributed by atoms with E-state index < -0.39 is 11.2 Å². The van der Waals surface area contributed by atoms with E-state index in [4.69, 9.17) is 0 Å². The van der Waals surface area contributed by atoms with E-state index >= 15 is 0 Å². The van der Waals surface area contributed by atoms with Crippen LogP contribution in [0.5, 0.6) is 0 Å². The van der Waals surface area contributed by atoms with Gasteiger partial charge in [-0.05, 0) is 19.9 Å². The van der Waals surface area contributed by atoms with Crippen molar-refractivity contribution in [2.75, 3.05) is 5.32 Å². The quantitative estimate of drug-likeness (QED) is 0.815. The van der Waals surface area contributed by atoms with Gasteiger partial charge in [-0.2, -0.15) is 4.98 Å². The normalized spacial score (nSPS) is 12.7. The van der Waals surface area contributed by atoms with Crippen LogP contribution in [0.25, 0.3) is 0 Å². The van der Waals surface area contributed by atoms with Gasteiger partial charge in [0.15, 0.2) is 0 Å². The third-order valence-electron chi connectivity index (χ3n) is 2.44. The van der Waals surface area contributed by atoms with Crippen LogP contribution in [0.4, 0.5) is 5.69 Å². The van der Waals surface area contributed by atoms with E-state index in [1.807, 2.05) is 24.3 Å². The first-order valence-corrected chi connectivity index (χ1v) is 7.21. The Balaban J connectivity index is 2.13. The minimum atomic E-state index is -1.14. The molecule has 0 radical (unpaired) electrons. The summed E-state index contributed by atoms with van der Waals surface area (Å²) >= 11 is -1.14. The number of anilines is 1. The Labute approximate surface area is 110 Å². The molecule has 2 aromatic rings. The van der Waals surface area contributed by atoms with Gasteiger partial charge in [-0.15, -0.1) is 0 Å². The minimum Gasteiger partial charge on any atom is -0.609 e. The molecular weight excluding hydrogens is 246 g/mol. The Morgan fingerprint density at radius 3 is 2.83 bits per heavy atom. The minimum absolute atomic E-state index is 0.350. The van der Waals surface area contributed by atoms with E-state index in [1.54, 1.807) is 12.4 Å². The molecule has 0 spiro atoms. The monoisotopic (exact) mass is 263 g/mol. The second kappa shape index (κ2) is 5.93. The van der Waals surface area contributed by atoms with Crippen molar-refractivity contribution in [3.63, 3.8) is 0 Å². The Bertz CT molecular complexity index is 485. The summed E-state index contributed by atoms with van der Waals surface area (Å²) in [5.74, 6) is 0.462. The van der Waals surface area contributed by atoms with Crippen LogP contribution in [0.2, 0.25) is 0 Å². The van der Waals surface area contributed by atoms with Crippen LogP contribution in [0, 0.1) is 0 Å². The van der Waals surface area contributed by atoms with Gasteiger partial charge in [0, 0.05) is 40.9 Å². The van der Waals surface area contributed by atoms with E-state index in [0.717, 1.165) is 11.3 Å². The summed E-state index contributed by atoms with van der Waals surface area (Å²) in [5.41, 5.74) is 2.08. The second-order valence-electron chi connectivity index (χ2n) is 4.34. The van der Waals surface area contributed by atoms with E-state index in [1.165, 1.54) is 0 Å². The Kier molecular flexibility index (Phi) is 4.28. The zero-order chi connectivity index (χ0) is 13.0. The zero-order valence-corrected chi connectivity index (χ0v) is 11.3. The number of aromatic amines is 1. The maximum atomic E-state index is 12.1. The first kappa shape index (κ1) is 13.0. The van der Waals surface area contributed by atoms with Crippen LogP contribution in [0.15, 0.2) is 41.8 Å². The Morgan fingerprint density at radius 2 is 2.17 bits per heavy atom. The molecule has 96 valence electrons. The maximum Gasteiger partial charge on any atom is 0.320 e. The van der Waals surface area contributed by atoms with Crippen LogP contribution in [-0.4, -0.2) is 20.6 Å². The molecule has 2 rings (SSSR count). The lowest BCUT2D eigenvalue weighted by atomic mass is 10.2. The zero-order valence-electron chi connectivity index (χ0n) is 10.5. The predicted molar refractivity (Wildman–Crippen MR) is 73.9 cm³/mol. The average molecular weight is 263 g/mol. The number of imidazole rings is 1. The first-order valence-electron chi connectivity index (χ1n) is 5.89. The molecule has 0 bridgehead atoms. The molecule has 0 amide bonds. The van der Waals surface area contributed by atoms with Crippen LogP contribution in [0.1, 0.15) is 19.4 Å². The number of rotatable bonds is 5. The van der Waals surface area contributed by atoms with Crippen LogP contribution < -0.4 is 5.32 Å². The summed E-state index contributed by atoms with van der Waals surface area (Å²) in [6, 6.07) is 8.29. The number of hydrogen-bond acceptors (Lipinski definition) is 3. The third kappa shape index (κ3) is 3.27. The summed E-state index contributed by atoms with van der Waals surface area (Å²) in [5, 5.41) is 3.88. The standard InChI is InChI=1S/C13H17N3OS/c1-10(2)16-12-6-4-3-5-11(12)9-18(17)13-14-7-8-15-13/h3-8,10,16H,9H2,1-2H3,(H,14,15). The van der Waals surface area contributed by atoms with Crippen molar-refractivity contribution >= 4 is 16.9 Å². The van der Waals surface area contributed by atoms with Gasteiger partial charge in [0.1, 0.15) is 5.75 Å². The third-order valence-corrected chi connectivity index (χ3v) is 3.66. The average Bonchev–Trinajstić information content (AvgIpc) is 2.84. The largest absolute Gasteiger partial charge is 0.609 e. The first-order chi connectivity index (χ1) is 8.66. The molecule has 1 aromatic heterocycles. The molecule has 0 aliphatic carbocycles. The predicted octanol–water partition coefficient (Wildman–Crippen LogP) is 2.54. The fourth-order valence-electron chi connectivity index (χ4n) is 1.68. The molecule has 1 heterocycles. The van der Waals surface area contributed by atoms with Gasteiger partial charge in [0.25, 0.3) is 0 Å². The molecule has 1 aromatic carbocycles. The van der Waals surface area contributed by atoms with Crippen molar-refractivity contribution in [3.05, 3.63) is 42.2 Å². The molecular formula is C13H17N3OS. The molecule has 1 atom stereocenters. The molecule has 0 fully saturated rings. The number of nitrogens with zero attached hydrogens (tertiary/aromatic N) is 1. The molecule has 0 saturated heterocycles. The molecule has 0 aliphatic heterocycles. The summed E-state index contributed by atoms with van der Waals surface area (Å²) in [6.07, 6.45) is 3.30. The maximum absolute atomic E-state index is 12.1. The number of para-hydroxylation sites is 1. The lowest BCUT2D eigenvalue weighted by molar-refractivity contribution is 0.587. The van der Waals surface area contributed by atoms with Crippen LogP contribution in [-0.2, 0) is 16.9 Å². The lowest BCUT2D eigenvalue weighted by Crippen LogP contribution is -2.14. The van der Waals surface area contributed by atoms with Crippen LogP contribution in [0.3, 0.4) is 0 Å². The molecule has 4 nitrogen and oxygen atoms in total. The number of aromatic nitrogens is 2. The fraction of sp³-hybridized carbons (Fsp3) is 0.308.